The van der Waals surface area contributed by atoms with Crippen LogP contribution in [0.15, 0.2) is 65.8 Å². The third-order valence-corrected chi connectivity index (χ3v) is 6.58. The van der Waals surface area contributed by atoms with Crippen LogP contribution in [0.5, 0.6) is 0 Å². The molecule has 154 valence electrons. The van der Waals surface area contributed by atoms with Gasteiger partial charge in [0.2, 0.25) is 21.8 Å². The fourth-order valence-electron chi connectivity index (χ4n) is 3.06. The number of benzene rings is 1. The molecule has 1 N–H and O–H groups in total. The van der Waals surface area contributed by atoms with E-state index in [1.165, 1.54) is 21.4 Å². The molecule has 2 heterocycles. The van der Waals surface area contributed by atoms with Crippen LogP contribution in [0, 0.1) is 0 Å². The van der Waals surface area contributed by atoms with E-state index in [1.807, 2.05) is 30.1 Å². The van der Waals surface area contributed by atoms with Crippen molar-refractivity contribution in [2.45, 2.75) is 11.4 Å². The summed E-state index contributed by atoms with van der Waals surface area (Å²) in [7, 11) is -1.66. The zero-order valence-corrected chi connectivity index (χ0v) is 17.0. The maximum Gasteiger partial charge on any atom is 0.246 e. The van der Waals surface area contributed by atoms with Crippen molar-refractivity contribution in [1.82, 2.24) is 19.1 Å². The van der Waals surface area contributed by atoms with Crippen molar-refractivity contribution in [3.8, 4) is 0 Å². The Morgan fingerprint density at radius 3 is 2.34 bits per heavy atom. The Labute approximate surface area is 170 Å². The number of hydrogen-bond donors (Lipinski definition) is 1. The molecule has 29 heavy (non-hydrogen) atoms. The molecule has 0 spiro atoms. The maximum absolute atomic E-state index is 12.6. The Morgan fingerprint density at radius 1 is 1.03 bits per heavy atom. The average molecular weight is 417 g/mol. The van der Waals surface area contributed by atoms with E-state index >= 15 is 0 Å². The van der Waals surface area contributed by atoms with Gasteiger partial charge in [0.05, 0.1) is 4.90 Å². The Morgan fingerprint density at radius 2 is 1.72 bits per heavy atom. The number of nitrogens with zero attached hydrogens (tertiary/aromatic N) is 3. The quantitative estimate of drug-likeness (QED) is 0.703. The van der Waals surface area contributed by atoms with Gasteiger partial charge in [-0.1, -0.05) is 18.2 Å². The van der Waals surface area contributed by atoms with Gasteiger partial charge in [-0.3, -0.25) is 9.59 Å². The number of piperazine rings is 1. The van der Waals surface area contributed by atoms with Crippen molar-refractivity contribution in [2.75, 3.05) is 26.2 Å². The highest BCUT2D eigenvalue weighted by Crippen LogP contribution is 2.17. The van der Waals surface area contributed by atoms with E-state index in [-0.39, 0.29) is 42.9 Å². The lowest BCUT2D eigenvalue weighted by Crippen LogP contribution is -2.50. The predicted octanol–water partition coefficient (Wildman–Crippen LogP) is 0.731. The average Bonchev–Trinajstić information content (AvgIpc) is 3.16. The second-order valence-electron chi connectivity index (χ2n) is 6.78. The van der Waals surface area contributed by atoms with E-state index in [2.05, 4.69) is 5.32 Å². The molecule has 1 aliphatic rings. The third-order valence-electron chi connectivity index (χ3n) is 4.67. The van der Waals surface area contributed by atoms with Gasteiger partial charge in [0.25, 0.3) is 0 Å². The van der Waals surface area contributed by atoms with Crippen LogP contribution in [-0.2, 0) is 33.2 Å². The fourth-order valence-corrected chi connectivity index (χ4v) is 4.50. The van der Waals surface area contributed by atoms with Crippen LogP contribution in [0.3, 0.4) is 0 Å². The molecule has 1 fully saturated rings. The molecule has 2 aromatic rings. The molecular formula is C20H24N4O4S. The van der Waals surface area contributed by atoms with Crippen LogP contribution in [0.1, 0.15) is 5.56 Å². The highest BCUT2D eigenvalue weighted by Gasteiger charge is 2.29. The van der Waals surface area contributed by atoms with Crippen molar-refractivity contribution in [3.63, 3.8) is 0 Å². The lowest BCUT2D eigenvalue weighted by Gasteiger charge is -2.33. The zero-order valence-electron chi connectivity index (χ0n) is 16.2. The predicted molar refractivity (Wildman–Crippen MR) is 108 cm³/mol. The van der Waals surface area contributed by atoms with Gasteiger partial charge in [0.15, 0.2) is 0 Å². The Balaban J connectivity index is 1.48. The summed E-state index contributed by atoms with van der Waals surface area (Å²) in [6.07, 6.45) is 6.22. The molecule has 2 amide bonds. The summed E-state index contributed by atoms with van der Waals surface area (Å²) in [6, 6.07) is 10.1. The molecule has 1 saturated heterocycles. The number of rotatable bonds is 6. The van der Waals surface area contributed by atoms with Crippen LogP contribution in [0.2, 0.25) is 0 Å². The SMILES string of the molecule is Cn1ccc(CNC(=O)/C=C/C(=O)N2CCN(S(=O)(=O)c3ccccc3)CC2)c1. The Kier molecular flexibility index (Phi) is 6.50. The van der Waals surface area contributed by atoms with Gasteiger partial charge < -0.3 is 14.8 Å². The fraction of sp³-hybridized carbons (Fsp3) is 0.300. The number of hydrogen-bond acceptors (Lipinski definition) is 4. The molecule has 0 atom stereocenters. The topological polar surface area (TPSA) is 91.7 Å². The summed E-state index contributed by atoms with van der Waals surface area (Å²) in [4.78, 5) is 26.0. The number of carbonyl (C=O) groups is 2. The molecule has 9 heteroatoms. The van der Waals surface area contributed by atoms with Crippen molar-refractivity contribution in [2.24, 2.45) is 7.05 Å². The van der Waals surface area contributed by atoms with Gasteiger partial charge in [0.1, 0.15) is 0 Å². The summed E-state index contributed by atoms with van der Waals surface area (Å²) in [5, 5.41) is 2.72. The van der Waals surface area contributed by atoms with Gasteiger partial charge in [0, 0.05) is 64.3 Å². The molecule has 1 aliphatic heterocycles. The van der Waals surface area contributed by atoms with Crippen LogP contribution in [-0.4, -0.2) is 60.2 Å². The van der Waals surface area contributed by atoms with Crippen molar-refractivity contribution < 1.29 is 18.0 Å². The van der Waals surface area contributed by atoms with Crippen LogP contribution >= 0.6 is 0 Å². The molecule has 0 unspecified atom stereocenters. The maximum atomic E-state index is 12.6. The summed E-state index contributed by atoms with van der Waals surface area (Å²) in [6.45, 7) is 1.38. The van der Waals surface area contributed by atoms with Crippen LogP contribution < -0.4 is 5.32 Å². The monoisotopic (exact) mass is 416 g/mol. The standard InChI is InChI=1S/C20H24N4O4S/c1-22-10-9-17(16-22)15-21-19(25)7-8-20(26)23-11-13-24(14-12-23)29(27,28)18-5-3-2-4-6-18/h2-10,16H,11-15H2,1H3,(H,21,25)/b8-7+. The van der Waals surface area contributed by atoms with Crippen molar-refractivity contribution >= 4 is 21.8 Å². The normalized spacial score (nSPS) is 15.6. The van der Waals surface area contributed by atoms with Gasteiger partial charge >= 0.3 is 0 Å². The number of carbonyl (C=O) groups excluding carboxylic acids is 2. The highest BCUT2D eigenvalue weighted by atomic mass is 32.2. The van der Waals surface area contributed by atoms with E-state index in [0.717, 1.165) is 5.56 Å². The second kappa shape index (κ2) is 9.06. The first kappa shape index (κ1) is 20.8. The minimum atomic E-state index is -3.56. The lowest BCUT2D eigenvalue weighted by molar-refractivity contribution is -0.127. The highest BCUT2D eigenvalue weighted by molar-refractivity contribution is 7.89. The van der Waals surface area contributed by atoms with Gasteiger partial charge in [-0.05, 0) is 23.8 Å². The summed E-state index contributed by atoms with van der Waals surface area (Å²) < 4.78 is 28.5. The first-order chi connectivity index (χ1) is 13.9. The Hall–Kier alpha value is -2.91. The molecule has 0 aliphatic carbocycles. The number of aromatic nitrogens is 1. The summed E-state index contributed by atoms with van der Waals surface area (Å²) >= 11 is 0. The zero-order chi connectivity index (χ0) is 20.9. The van der Waals surface area contributed by atoms with E-state index in [0.29, 0.717) is 6.54 Å². The van der Waals surface area contributed by atoms with Crippen molar-refractivity contribution in [3.05, 3.63) is 66.5 Å². The van der Waals surface area contributed by atoms with E-state index in [9.17, 15) is 18.0 Å². The van der Waals surface area contributed by atoms with Crippen LogP contribution in [0.25, 0.3) is 0 Å². The lowest BCUT2D eigenvalue weighted by atomic mass is 10.3. The molecular weight excluding hydrogens is 392 g/mol. The molecule has 0 bridgehead atoms. The summed E-state index contributed by atoms with van der Waals surface area (Å²) in [5.74, 6) is -0.663. The van der Waals surface area contributed by atoms with Gasteiger partial charge in [-0.15, -0.1) is 0 Å². The number of aryl methyl sites for hydroxylation is 1. The van der Waals surface area contributed by atoms with E-state index in [1.54, 1.807) is 30.3 Å². The molecule has 0 radical (unpaired) electrons. The molecule has 1 aromatic carbocycles. The third kappa shape index (κ3) is 5.33. The molecule has 3 rings (SSSR count). The minimum Gasteiger partial charge on any atom is -0.357 e. The molecule has 1 aromatic heterocycles. The first-order valence-corrected chi connectivity index (χ1v) is 10.7. The smallest absolute Gasteiger partial charge is 0.246 e. The first-order valence-electron chi connectivity index (χ1n) is 9.27. The van der Waals surface area contributed by atoms with E-state index < -0.39 is 10.0 Å². The number of nitrogens with one attached hydrogen (secondary N) is 1. The Bertz CT molecular complexity index is 990. The minimum absolute atomic E-state index is 0.219. The van der Waals surface area contributed by atoms with Gasteiger partial charge in [-0.25, -0.2) is 8.42 Å². The van der Waals surface area contributed by atoms with E-state index in [4.69, 9.17) is 0 Å². The molecule has 0 saturated carbocycles. The number of amides is 2. The summed E-state index contributed by atoms with van der Waals surface area (Å²) in [5.41, 5.74) is 0.969. The van der Waals surface area contributed by atoms with Crippen LogP contribution in [0.4, 0.5) is 0 Å². The van der Waals surface area contributed by atoms with Crippen molar-refractivity contribution in [1.29, 1.82) is 0 Å². The largest absolute Gasteiger partial charge is 0.357 e. The second-order valence-corrected chi connectivity index (χ2v) is 8.72. The molecule has 8 nitrogen and oxygen atoms in total. The van der Waals surface area contributed by atoms with Gasteiger partial charge in [-0.2, -0.15) is 4.31 Å². The number of sulfonamides is 1.